The number of aromatic amines is 1. The minimum absolute atomic E-state index is 0.00436. The zero-order valence-electron chi connectivity index (χ0n) is 12.7. The number of nitrogens with one attached hydrogen (secondary N) is 4. The number of fused-ring (bicyclic) bond motifs is 1. The normalized spacial score (nSPS) is 18.5. The highest BCUT2D eigenvalue weighted by atomic mass is 16.2. The van der Waals surface area contributed by atoms with Gasteiger partial charge in [-0.3, -0.25) is 14.7 Å². The molecular formula is C15H23N5O2. The maximum atomic E-state index is 12.2. The van der Waals surface area contributed by atoms with Gasteiger partial charge in [-0.1, -0.05) is 19.3 Å². The summed E-state index contributed by atoms with van der Waals surface area (Å²) in [6, 6.07) is 0.264. The molecule has 0 saturated heterocycles. The molecule has 0 unspecified atom stereocenters. The Morgan fingerprint density at radius 1 is 1.23 bits per heavy atom. The van der Waals surface area contributed by atoms with Crippen LogP contribution in [0.25, 0.3) is 0 Å². The van der Waals surface area contributed by atoms with Crippen molar-refractivity contribution in [3.05, 3.63) is 17.0 Å². The number of hydrogen-bond donors (Lipinski definition) is 4. The van der Waals surface area contributed by atoms with E-state index in [1.54, 1.807) is 0 Å². The number of carbonyl (C=O) groups is 2. The van der Waals surface area contributed by atoms with Crippen LogP contribution in [-0.4, -0.2) is 41.1 Å². The first-order valence-corrected chi connectivity index (χ1v) is 8.08. The van der Waals surface area contributed by atoms with E-state index >= 15 is 0 Å². The largest absolute Gasteiger partial charge is 0.352 e. The Morgan fingerprint density at radius 2 is 2.05 bits per heavy atom. The average Bonchev–Trinajstić information content (AvgIpc) is 2.98. The summed E-state index contributed by atoms with van der Waals surface area (Å²) in [5, 5.41) is 15.9. The van der Waals surface area contributed by atoms with Crippen molar-refractivity contribution in [1.29, 1.82) is 0 Å². The first-order valence-electron chi connectivity index (χ1n) is 8.08. The molecule has 7 heteroatoms. The Bertz CT molecular complexity index is 548. The molecule has 1 fully saturated rings. The van der Waals surface area contributed by atoms with Gasteiger partial charge in [0.2, 0.25) is 5.91 Å². The highest BCUT2D eigenvalue weighted by molar-refractivity contribution is 5.96. The van der Waals surface area contributed by atoms with Crippen molar-refractivity contribution in [2.24, 2.45) is 0 Å². The number of carbonyl (C=O) groups excluding carboxylic acids is 2. The molecular weight excluding hydrogens is 282 g/mol. The Morgan fingerprint density at radius 3 is 2.86 bits per heavy atom. The van der Waals surface area contributed by atoms with Gasteiger partial charge in [-0.25, -0.2) is 0 Å². The maximum absolute atomic E-state index is 12.2. The molecule has 120 valence electrons. The molecule has 22 heavy (non-hydrogen) atoms. The predicted molar refractivity (Wildman–Crippen MR) is 81.3 cm³/mol. The molecule has 3 rings (SSSR count). The lowest BCUT2D eigenvalue weighted by molar-refractivity contribution is -0.121. The average molecular weight is 305 g/mol. The van der Waals surface area contributed by atoms with E-state index < -0.39 is 0 Å². The summed E-state index contributed by atoms with van der Waals surface area (Å²) in [7, 11) is 0. The number of H-pyrrole nitrogens is 1. The summed E-state index contributed by atoms with van der Waals surface area (Å²) in [6.45, 7) is 1.54. The van der Waals surface area contributed by atoms with Crippen LogP contribution in [0.5, 0.6) is 0 Å². The van der Waals surface area contributed by atoms with Crippen LogP contribution >= 0.6 is 0 Å². The Hall–Kier alpha value is -1.89. The summed E-state index contributed by atoms with van der Waals surface area (Å²) in [6.07, 6.45) is 6.52. The van der Waals surface area contributed by atoms with Crippen LogP contribution in [0.15, 0.2) is 0 Å². The Kier molecular flexibility index (Phi) is 4.72. The van der Waals surface area contributed by atoms with Crippen molar-refractivity contribution >= 4 is 11.8 Å². The highest BCUT2D eigenvalue weighted by Crippen LogP contribution is 2.17. The summed E-state index contributed by atoms with van der Waals surface area (Å²) in [5.41, 5.74) is 2.32. The SMILES string of the molecule is O=C(CNC(=O)c1n[nH]c2c1CNCC2)NC1CCCCC1. The third-order valence-electron chi connectivity index (χ3n) is 4.40. The van der Waals surface area contributed by atoms with Crippen LogP contribution in [0.4, 0.5) is 0 Å². The van der Waals surface area contributed by atoms with E-state index in [2.05, 4.69) is 26.1 Å². The molecule has 1 aromatic heterocycles. The number of aromatic nitrogens is 2. The van der Waals surface area contributed by atoms with E-state index in [0.29, 0.717) is 12.2 Å². The molecule has 1 aliphatic carbocycles. The first-order chi connectivity index (χ1) is 10.7. The first kappa shape index (κ1) is 15.0. The Labute approximate surface area is 129 Å². The van der Waals surface area contributed by atoms with Crippen LogP contribution in [0.2, 0.25) is 0 Å². The van der Waals surface area contributed by atoms with Crippen LogP contribution < -0.4 is 16.0 Å². The second-order valence-corrected chi connectivity index (χ2v) is 6.04. The van der Waals surface area contributed by atoms with E-state index in [9.17, 15) is 9.59 Å². The fraction of sp³-hybridized carbons (Fsp3) is 0.667. The van der Waals surface area contributed by atoms with Crippen LogP contribution in [-0.2, 0) is 17.8 Å². The summed E-state index contributed by atoms with van der Waals surface area (Å²) in [4.78, 5) is 24.1. The predicted octanol–water partition coefficient (Wildman–Crippen LogP) is 0.234. The molecule has 1 aromatic rings. The van der Waals surface area contributed by atoms with Crippen LogP contribution in [0.3, 0.4) is 0 Å². The van der Waals surface area contributed by atoms with Gasteiger partial charge in [-0.15, -0.1) is 0 Å². The minimum atomic E-state index is -0.292. The van der Waals surface area contributed by atoms with Gasteiger partial charge in [0, 0.05) is 36.8 Å². The van der Waals surface area contributed by atoms with E-state index in [1.165, 1.54) is 19.3 Å². The Balaban J connectivity index is 1.49. The molecule has 2 heterocycles. The van der Waals surface area contributed by atoms with Gasteiger partial charge in [0.15, 0.2) is 5.69 Å². The zero-order valence-corrected chi connectivity index (χ0v) is 12.7. The van der Waals surface area contributed by atoms with Gasteiger partial charge in [-0.2, -0.15) is 5.10 Å². The van der Waals surface area contributed by atoms with Gasteiger partial charge in [0.05, 0.1) is 6.54 Å². The van der Waals surface area contributed by atoms with Crippen molar-refractivity contribution in [1.82, 2.24) is 26.1 Å². The van der Waals surface area contributed by atoms with Crippen molar-refractivity contribution in [3.63, 3.8) is 0 Å². The number of rotatable bonds is 4. The smallest absolute Gasteiger partial charge is 0.272 e. The van der Waals surface area contributed by atoms with E-state index in [-0.39, 0.29) is 24.4 Å². The van der Waals surface area contributed by atoms with Gasteiger partial charge in [0.1, 0.15) is 0 Å². The van der Waals surface area contributed by atoms with E-state index in [0.717, 1.165) is 37.1 Å². The monoisotopic (exact) mass is 305 g/mol. The van der Waals surface area contributed by atoms with Crippen molar-refractivity contribution < 1.29 is 9.59 Å². The second-order valence-electron chi connectivity index (χ2n) is 6.04. The van der Waals surface area contributed by atoms with Crippen LogP contribution in [0.1, 0.15) is 53.8 Å². The third kappa shape index (κ3) is 3.47. The maximum Gasteiger partial charge on any atom is 0.272 e. The molecule has 7 nitrogen and oxygen atoms in total. The van der Waals surface area contributed by atoms with E-state index in [4.69, 9.17) is 0 Å². The van der Waals surface area contributed by atoms with Crippen molar-refractivity contribution in [2.45, 2.75) is 51.1 Å². The molecule has 2 aliphatic rings. The number of hydrogen-bond acceptors (Lipinski definition) is 4. The lowest BCUT2D eigenvalue weighted by Crippen LogP contribution is -2.43. The quantitative estimate of drug-likeness (QED) is 0.640. The van der Waals surface area contributed by atoms with Crippen LogP contribution in [0, 0.1) is 0 Å². The number of nitrogens with zero attached hydrogens (tertiary/aromatic N) is 1. The molecule has 0 aromatic carbocycles. The molecule has 0 bridgehead atoms. The molecule has 1 aliphatic heterocycles. The van der Waals surface area contributed by atoms with Gasteiger partial charge >= 0.3 is 0 Å². The second kappa shape index (κ2) is 6.91. The van der Waals surface area contributed by atoms with Crippen molar-refractivity contribution in [2.75, 3.05) is 13.1 Å². The molecule has 0 radical (unpaired) electrons. The zero-order chi connectivity index (χ0) is 15.4. The van der Waals surface area contributed by atoms with Gasteiger partial charge < -0.3 is 16.0 Å². The van der Waals surface area contributed by atoms with E-state index in [1.807, 2.05) is 0 Å². The molecule has 0 spiro atoms. The lowest BCUT2D eigenvalue weighted by Gasteiger charge is -2.22. The summed E-state index contributed by atoms with van der Waals surface area (Å²) in [5.74, 6) is -0.414. The summed E-state index contributed by atoms with van der Waals surface area (Å²) >= 11 is 0. The van der Waals surface area contributed by atoms with Gasteiger partial charge in [0.25, 0.3) is 5.91 Å². The molecule has 2 amide bonds. The molecule has 0 atom stereocenters. The highest BCUT2D eigenvalue weighted by Gasteiger charge is 2.22. The lowest BCUT2D eigenvalue weighted by atomic mass is 9.95. The third-order valence-corrected chi connectivity index (χ3v) is 4.40. The van der Waals surface area contributed by atoms with Gasteiger partial charge in [-0.05, 0) is 12.8 Å². The topological polar surface area (TPSA) is 98.9 Å². The van der Waals surface area contributed by atoms with Crippen molar-refractivity contribution in [3.8, 4) is 0 Å². The summed E-state index contributed by atoms with van der Waals surface area (Å²) < 4.78 is 0. The molecule has 1 saturated carbocycles. The fourth-order valence-corrected chi connectivity index (χ4v) is 3.18. The molecule has 4 N–H and O–H groups in total. The standard InChI is InChI=1S/C15H23N5O2/c21-13(18-10-4-2-1-3-5-10)9-17-15(22)14-11-8-16-7-6-12(11)19-20-14/h10,16H,1-9H2,(H,17,22)(H,18,21)(H,19,20). The fourth-order valence-electron chi connectivity index (χ4n) is 3.18. The number of amides is 2. The minimum Gasteiger partial charge on any atom is -0.352 e.